The molecule has 2 N–H and O–H groups in total. The topological polar surface area (TPSA) is 57.6 Å². The maximum atomic E-state index is 10.5. The Labute approximate surface area is 130 Å². The smallest absolute Gasteiger partial charge is 0.0959 e. The summed E-state index contributed by atoms with van der Waals surface area (Å²) in [5, 5.41) is 15.1. The molecule has 0 aromatic carbocycles. The van der Waals surface area contributed by atoms with Crippen LogP contribution in [0.15, 0.2) is 6.20 Å². The maximum absolute atomic E-state index is 10.5. The molecule has 1 aromatic rings. The second-order valence-corrected chi connectivity index (χ2v) is 7.57. The number of hydrogen-bond acceptors (Lipinski definition) is 6. The lowest BCUT2D eigenvalue weighted by molar-refractivity contribution is -0.0219. The van der Waals surface area contributed by atoms with E-state index in [1.165, 1.54) is 22.7 Å². The van der Waals surface area contributed by atoms with E-state index < -0.39 is 5.60 Å². The van der Waals surface area contributed by atoms with E-state index in [1.54, 1.807) is 0 Å². The molecule has 0 radical (unpaired) electrons. The summed E-state index contributed by atoms with van der Waals surface area (Å²) in [4.78, 5) is 8.01. The molecule has 1 atom stereocenters. The number of nitrogens with zero attached hydrogens (tertiary/aromatic N) is 2. The van der Waals surface area contributed by atoms with Gasteiger partial charge < -0.3 is 15.2 Å². The Kier molecular flexibility index (Phi) is 4.91. The third-order valence-electron chi connectivity index (χ3n) is 3.97. The number of aromatic nitrogens is 1. The SMILES string of the molecule is CC(O)(CNCc1cnc(C2CC2)s1)CN1CCOCC1. The van der Waals surface area contributed by atoms with E-state index in [9.17, 15) is 5.11 Å². The summed E-state index contributed by atoms with van der Waals surface area (Å²) in [6.07, 6.45) is 4.57. The van der Waals surface area contributed by atoms with Gasteiger partial charge in [-0.05, 0) is 19.8 Å². The zero-order valence-corrected chi connectivity index (χ0v) is 13.5. The number of hydrogen-bond donors (Lipinski definition) is 2. The van der Waals surface area contributed by atoms with E-state index in [-0.39, 0.29) is 0 Å². The van der Waals surface area contributed by atoms with Crippen molar-refractivity contribution in [3.63, 3.8) is 0 Å². The second kappa shape index (κ2) is 6.71. The summed E-state index contributed by atoms with van der Waals surface area (Å²) in [6, 6.07) is 0. The summed E-state index contributed by atoms with van der Waals surface area (Å²) >= 11 is 1.81. The standard InChI is InChI=1S/C15H25N3O2S/c1-15(19,11-18-4-6-20-7-5-18)10-16-8-13-9-17-14(21-13)12-2-3-12/h9,12,16,19H,2-8,10-11H2,1H3. The fourth-order valence-electron chi connectivity index (χ4n) is 2.68. The normalized spacial score (nSPS) is 23.1. The first kappa shape index (κ1) is 15.4. The highest BCUT2D eigenvalue weighted by Gasteiger charge is 2.27. The average Bonchev–Trinajstić information content (AvgIpc) is 3.19. The zero-order valence-electron chi connectivity index (χ0n) is 12.7. The predicted molar refractivity (Wildman–Crippen MR) is 83.7 cm³/mol. The molecule has 0 amide bonds. The van der Waals surface area contributed by atoms with Crippen LogP contribution < -0.4 is 5.32 Å². The summed E-state index contributed by atoms with van der Waals surface area (Å²) in [5.74, 6) is 0.730. The van der Waals surface area contributed by atoms with Crippen molar-refractivity contribution in [2.24, 2.45) is 0 Å². The molecular formula is C15H25N3O2S. The number of aliphatic hydroxyl groups is 1. The molecule has 5 nitrogen and oxygen atoms in total. The highest BCUT2D eigenvalue weighted by molar-refractivity contribution is 7.11. The van der Waals surface area contributed by atoms with E-state index in [2.05, 4.69) is 15.2 Å². The van der Waals surface area contributed by atoms with Gasteiger partial charge in [-0.3, -0.25) is 4.90 Å². The van der Waals surface area contributed by atoms with Crippen LogP contribution in [-0.2, 0) is 11.3 Å². The molecule has 21 heavy (non-hydrogen) atoms. The molecule has 6 heteroatoms. The van der Waals surface area contributed by atoms with Gasteiger partial charge in [-0.1, -0.05) is 0 Å². The first-order chi connectivity index (χ1) is 10.1. The number of rotatable bonds is 7. The van der Waals surface area contributed by atoms with Crippen molar-refractivity contribution < 1.29 is 9.84 Å². The van der Waals surface area contributed by atoms with Gasteiger partial charge in [0.15, 0.2) is 0 Å². The molecule has 0 bridgehead atoms. The first-order valence-corrected chi connectivity index (χ1v) is 8.62. The van der Waals surface area contributed by atoms with Crippen LogP contribution in [0.2, 0.25) is 0 Å². The molecule has 2 fully saturated rings. The second-order valence-electron chi connectivity index (χ2n) is 6.43. The lowest BCUT2D eigenvalue weighted by Crippen LogP contribution is -2.50. The van der Waals surface area contributed by atoms with Crippen LogP contribution in [-0.4, -0.2) is 60.0 Å². The van der Waals surface area contributed by atoms with Gasteiger partial charge in [-0.2, -0.15) is 0 Å². The Bertz CT molecular complexity index is 454. The number of nitrogens with one attached hydrogen (secondary N) is 1. The Morgan fingerprint density at radius 2 is 2.24 bits per heavy atom. The summed E-state index contributed by atoms with van der Waals surface area (Å²) in [6.45, 7) is 7.36. The van der Waals surface area contributed by atoms with Gasteiger partial charge in [0, 0.05) is 49.7 Å². The molecule has 1 unspecified atom stereocenters. The quantitative estimate of drug-likeness (QED) is 0.792. The van der Waals surface area contributed by atoms with Crippen molar-refractivity contribution in [3.8, 4) is 0 Å². The fourth-order valence-corrected chi connectivity index (χ4v) is 3.73. The molecule has 0 spiro atoms. The van der Waals surface area contributed by atoms with Crippen molar-refractivity contribution in [3.05, 3.63) is 16.1 Å². The Morgan fingerprint density at radius 1 is 1.48 bits per heavy atom. The van der Waals surface area contributed by atoms with Crippen LogP contribution >= 0.6 is 11.3 Å². The van der Waals surface area contributed by atoms with E-state index >= 15 is 0 Å². The van der Waals surface area contributed by atoms with Crippen LogP contribution in [0.25, 0.3) is 0 Å². The van der Waals surface area contributed by atoms with Crippen molar-refractivity contribution in [2.75, 3.05) is 39.4 Å². The Balaban J connectivity index is 1.40. The Morgan fingerprint density at radius 3 is 2.95 bits per heavy atom. The third-order valence-corrected chi connectivity index (χ3v) is 5.13. The summed E-state index contributed by atoms with van der Waals surface area (Å²) in [5.41, 5.74) is -0.707. The maximum Gasteiger partial charge on any atom is 0.0959 e. The van der Waals surface area contributed by atoms with E-state index in [0.717, 1.165) is 38.8 Å². The highest BCUT2D eigenvalue weighted by Crippen LogP contribution is 2.41. The molecule has 3 rings (SSSR count). The number of ether oxygens (including phenoxy) is 1. The molecule has 2 aliphatic rings. The van der Waals surface area contributed by atoms with Gasteiger partial charge in [-0.25, -0.2) is 4.98 Å². The minimum absolute atomic E-state index is 0.598. The molecule has 1 saturated heterocycles. The molecular weight excluding hydrogens is 286 g/mol. The van der Waals surface area contributed by atoms with Crippen LogP contribution in [0.4, 0.5) is 0 Å². The molecule has 118 valence electrons. The third kappa shape index (κ3) is 4.72. The molecule has 1 aliphatic carbocycles. The summed E-state index contributed by atoms with van der Waals surface area (Å²) < 4.78 is 5.34. The lowest BCUT2D eigenvalue weighted by Gasteiger charge is -2.33. The minimum atomic E-state index is -0.707. The molecule has 1 saturated carbocycles. The first-order valence-electron chi connectivity index (χ1n) is 7.80. The van der Waals surface area contributed by atoms with Gasteiger partial charge in [-0.15, -0.1) is 11.3 Å². The van der Waals surface area contributed by atoms with Crippen LogP contribution in [0.1, 0.15) is 35.6 Å². The molecule has 1 aliphatic heterocycles. The fraction of sp³-hybridized carbons (Fsp3) is 0.800. The van der Waals surface area contributed by atoms with Gasteiger partial charge >= 0.3 is 0 Å². The van der Waals surface area contributed by atoms with Gasteiger partial charge in [0.05, 0.1) is 23.8 Å². The van der Waals surface area contributed by atoms with Crippen molar-refractivity contribution in [2.45, 2.75) is 37.8 Å². The molecule has 2 heterocycles. The van der Waals surface area contributed by atoms with Gasteiger partial charge in [0.25, 0.3) is 0 Å². The van der Waals surface area contributed by atoms with Crippen molar-refractivity contribution >= 4 is 11.3 Å². The largest absolute Gasteiger partial charge is 0.388 e. The zero-order chi connectivity index (χ0) is 14.7. The summed E-state index contributed by atoms with van der Waals surface area (Å²) in [7, 11) is 0. The lowest BCUT2D eigenvalue weighted by atomic mass is 10.1. The van der Waals surface area contributed by atoms with E-state index in [0.29, 0.717) is 13.1 Å². The minimum Gasteiger partial charge on any atom is -0.388 e. The highest BCUT2D eigenvalue weighted by atomic mass is 32.1. The van der Waals surface area contributed by atoms with Crippen LogP contribution in [0.5, 0.6) is 0 Å². The van der Waals surface area contributed by atoms with Crippen molar-refractivity contribution in [1.29, 1.82) is 0 Å². The van der Waals surface area contributed by atoms with Gasteiger partial charge in [0.2, 0.25) is 0 Å². The van der Waals surface area contributed by atoms with Crippen LogP contribution in [0, 0.1) is 0 Å². The van der Waals surface area contributed by atoms with E-state index in [4.69, 9.17) is 4.74 Å². The van der Waals surface area contributed by atoms with Crippen molar-refractivity contribution in [1.82, 2.24) is 15.2 Å². The number of thiazole rings is 1. The predicted octanol–water partition coefficient (Wildman–Crippen LogP) is 1.19. The Hall–Kier alpha value is -0.530. The van der Waals surface area contributed by atoms with Gasteiger partial charge in [0.1, 0.15) is 0 Å². The average molecular weight is 311 g/mol. The number of morpholine rings is 1. The van der Waals surface area contributed by atoms with E-state index in [1.807, 2.05) is 24.5 Å². The van der Waals surface area contributed by atoms with Crippen LogP contribution in [0.3, 0.4) is 0 Å². The monoisotopic (exact) mass is 311 g/mol. The number of β-amino-alcohol motifs (C(OH)–C–C–N with tert-alkyl or cyclic N) is 1. The molecule has 1 aromatic heterocycles.